The molecule has 3 N–H and O–H groups in total. The van der Waals surface area contributed by atoms with Gasteiger partial charge in [-0.15, -0.1) is 0 Å². The van der Waals surface area contributed by atoms with Crippen molar-refractivity contribution in [1.29, 1.82) is 15.8 Å². The molecule has 8 nitrogen and oxygen atoms in total. The Balaban J connectivity index is 3.13. The van der Waals surface area contributed by atoms with Gasteiger partial charge in [0.05, 0.1) is 11.3 Å². The van der Waals surface area contributed by atoms with Crippen LogP contribution in [-0.2, 0) is 4.79 Å². The third kappa shape index (κ3) is 4.09. The van der Waals surface area contributed by atoms with Crippen LogP contribution in [0.2, 0.25) is 0 Å². The first-order chi connectivity index (χ1) is 10.5. The van der Waals surface area contributed by atoms with Gasteiger partial charge in [-0.25, -0.2) is 0 Å². The Morgan fingerprint density at radius 3 is 2.27 bits per heavy atom. The van der Waals surface area contributed by atoms with Gasteiger partial charge in [-0.2, -0.15) is 15.8 Å². The summed E-state index contributed by atoms with van der Waals surface area (Å²) in [6.45, 7) is -0.560. The number of para-hydroxylation sites is 1. The molecule has 22 heavy (non-hydrogen) atoms. The normalized spacial score (nSPS) is 8.59. The molecular weight excluding hydrogens is 286 g/mol. The number of carbonyl (C=O) groups excluding carboxylic acids is 1. The molecule has 1 aromatic rings. The number of carboxylic acid groups (broad SMARTS) is 1. The van der Waals surface area contributed by atoms with E-state index < -0.39 is 24.0 Å². The highest BCUT2D eigenvalue weighted by atomic mass is 16.4. The molecule has 0 heterocycles. The minimum atomic E-state index is -1.20. The second-order valence-electron chi connectivity index (χ2n) is 3.83. The lowest BCUT2D eigenvalue weighted by Crippen LogP contribution is -2.29. The molecule has 0 aliphatic rings. The fourth-order valence-corrected chi connectivity index (χ4v) is 1.46. The number of hydrogen-bond acceptors (Lipinski definition) is 6. The van der Waals surface area contributed by atoms with Crippen LogP contribution in [0.4, 0.5) is 5.69 Å². The van der Waals surface area contributed by atoms with E-state index >= 15 is 0 Å². The maximum atomic E-state index is 11.9. The minimum Gasteiger partial charge on any atom is -0.480 e. The molecule has 0 saturated carbocycles. The number of hydrogen-bond donors (Lipinski definition) is 3. The summed E-state index contributed by atoms with van der Waals surface area (Å²) in [6, 6.07) is 10.8. The average molecular weight is 295 g/mol. The number of rotatable bonds is 5. The largest absolute Gasteiger partial charge is 0.480 e. The van der Waals surface area contributed by atoms with E-state index in [4.69, 9.17) is 20.9 Å². The fraction of sp³-hybridized carbons (Fsp3) is 0.0714. The first kappa shape index (κ1) is 16.2. The van der Waals surface area contributed by atoms with Crippen molar-refractivity contribution in [2.24, 2.45) is 0 Å². The number of carboxylic acids is 1. The number of benzene rings is 1. The molecule has 0 fully saturated rings. The highest BCUT2D eigenvalue weighted by Gasteiger charge is 2.14. The zero-order valence-corrected chi connectivity index (χ0v) is 11.1. The summed E-state index contributed by atoms with van der Waals surface area (Å²) in [7, 11) is 0. The molecule has 0 aliphatic carbocycles. The lowest BCUT2D eigenvalue weighted by molar-refractivity contribution is -0.135. The van der Waals surface area contributed by atoms with E-state index in [-0.39, 0.29) is 16.9 Å². The van der Waals surface area contributed by atoms with Crippen molar-refractivity contribution in [1.82, 2.24) is 5.32 Å². The molecule has 0 saturated heterocycles. The van der Waals surface area contributed by atoms with E-state index in [1.165, 1.54) is 12.1 Å². The fourth-order valence-electron chi connectivity index (χ4n) is 1.46. The molecule has 0 unspecified atom stereocenters. The van der Waals surface area contributed by atoms with E-state index in [9.17, 15) is 9.59 Å². The van der Waals surface area contributed by atoms with Crippen LogP contribution >= 0.6 is 0 Å². The van der Waals surface area contributed by atoms with E-state index in [1.807, 2.05) is 0 Å². The molecule has 0 bridgehead atoms. The van der Waals surface area contributed by atoms with Crippen LogP contribution in [0.1, 0.15) is 10.4 Å². The number of anilines is 1. The predicted octanol–water partition coefficient (Wildman–Crippen LogP) is 0.738. The summed E-state index contributed by atoms with van der Waals surface area (Å²) in [5.74, 6) is -1.87. The zero-order valence-electron chi connectivity index (χ0n) is 11.1. The molecule has 1 amide bonds. The van der Waals surface area contributed by atoms with Gasteiger partial charge in [-0.1, -0.05) is 12.1 Å². The van der Waals surface area contributed by atoms with Crippen molar-refractivity contribution in [2.45, 2.75) is 0 Å². The Morgan fingerprint density at radius 2 is 1.73 bits per heavy atom. The summed E-state index contributed by atoms with van der Waals surface area (Å²) < 4.78 is 0. The SMILES string of the molecule is N#CC(C#N)=C(C#N)Nc1ccccc1C(=O)NCC(=O)O. The lowest BCUT2D eigenvalue weighted by atomic mass is 10.1. The number of allylic oxidation sites excluding steroid dienone is 2. The molecule has 108 valence electrons. The summed E-state index contributed by atoms with van der Waals surface area (Å²) in [4.78, 5) is 22.4. The average Bonchev–Trinajstić information content (AvgIpc) is 2.53. The molecule has 0 aliphatic heterocycles. The van der Waals surface area contributed by atoms with Gasteiger partial charge >= 0.3 is 5.97 Å². The van der Waals surface area contributed by atoms with Crippen molar-refractivity contribution in [2.75, 3.05) is 11.9 Å². The molecule has 0 spiro atoms. The van der Waals surface area contributed by atoms with Crippen molar-refractivity contribution in [3.05, 3.63) is 41.1 Å². The molecule has 0 radical (unpaired) electrons. The first-order valence-corrected chi connectivity index (χ1v) is 5.84. The van der Waals surface area contributed by atoms with Crippen molar-refractivity contribution < 1.29 is 14.7 Å². The van der Waals surface area contributed by atoms with E-state index in [2.05, 4.69) is 10.6 Å². The summed E-state index contributed by atoms with van der Waals surface area (Å²) >= 11 is 0. The van der Waals surface area contributed by atoms with E-state index in [1.54, 1.807) is 30.3 Å². The molecule has 0 aromatic heterocycles. The molecular formula is C14H9N5O3. The van der Waals surface area contributed by atoms with Gasteiger partial charge in [0, 0.05) is 0 Å². The quantitative estimate of drug-likeness (QED) is 0.677. The van der Waals surface area contributed by atoms with Crippen molar-refractivity contribution >= 4 is 17.6 Å². The molecule has 1 rings (SSSR count). The van der Waals surface area contributed by atoms with Gasteiger partial charge in [0.1, 0.15) is 30.4 Å². The number of nitrogens with zero attached hydrogens (tertiary/aromatic N) is 3. The van der Waals surface area contributed by atoms with Crippen molar-refractivity contribution in [3.63, 3.8) is 0 Å². The zero-order chi connectivity index (χ0) is 16.5. The molecule has 1 aromatic carbocycles. The van der Waals surface area contributed by atoms with Gasteiger partial charge in [0.15, 0.2) is 5.57 Å². The molecule has 8 heteroatoms. The maximum Gasteiger partial charge on any atom is 0.322 e. The van der Waals surface area contributed by atoms with Crippen molar-refractivity contribution in [3.8, 4) is 18.2 Å². The van der Waals surface area contributed by atoms with E-state index in [0.717, 1.165) is 0 Å². The first-order valence-electron chi connectivity index (χ1n) is 5.84. The maximum absolute atomic E-state index is 11.9. The lowest BCUT2D eigenvalue weighted by Gasteiger charge is -2.10. The van der Waals surface area contributed by atoms with Gasteiger partial charge in [0.25, 0.3) is 5.91 Å². The second kappa shape index (κ2) is 7.68. The highest BCUT2D eigenvalue weighted by Crippen LogP contribution is 2.18. The Morgan fingerprint density at radius 1 is 1.09 bits per heavy atom. The summed E-state index contributed by atoms with van der Waals surface area (Å²) in [5, 5.41) is 39.8. The van der Waals surface area contributed by atoms with Gasteiger partial charge in [0.2, 0.25) is 0 Å². The van der Waals surface area contributed by atoms with E-state index in [0.29, 0.717) is 0 Å². The molecule has 0 atom stereocenters. The van der Waals surface area contributed by atoms with Crippen LogP contribution in [0.5, 0.6) is 0 Å². The Labute approximate surface area is 125 Å². The highest BCUT2D eigenvalue weighted by molar-refractivity contribution is 6.01. The van der Waals surface area contributed by atoms with Gasteiger partial charge in [-0.3, -0.25) is 9.59 Å². The smallest absolute Gasteiger partial charge is 0.322 e. The van der Waals surface area contributed by atoms with Crippen LogP contribution < -0.4 is 10.6 Å². The number of carbonyl (C=O) groups is 2. The van der Waals surface area contributed by atoms with Gasteiger partial charge < -0.3 is 15.7 Å². The Bertz CT molecular complexity index is 746. The number of amides is 1. The van der Waals surface area contributed by atoms with Crippen LogP contribution in [0.25, 0.3) is 0 Å². The summed E-state index contributed by atoms with van der Waals surface area (Å²) in [5.41, 5.74) is -0.483. The number of nitrogens with one attached hydrogen (secondary N) is 2. The number of nitriles is 3. The predicted molar refractivity (Wildman–Crippen MR) is 73.9 cm³/mol. The van der Waals surface area contributed by atoms with Crippen LogP contribution in [0.3, 0.4) is 0 Å². The Hall–Kier alpha value is -3.83. The topological polar surface area (TPSA) is 150 Å². The third-order valence-electron chi connectivity index (χ3n) is 2.42. The minimum absolute atomic E-state index is 0.0757. The Kier molecular flexibility index (Phi) is 5.67. The third-order valence-corrected chi connectivity index (χ3v) is 2.42. The van der Waals surface area contributed by atoms with Gasteiger partial charge in [-0.05, 0) is 12.1 Å². The second-order valence-corrected chi connectivity index (χ2v) is 3.83. The van der Waals surface area contributed by atoms with Crippen LogP contribution in [0.15, 0.2) is 35.5 Å². The van der Waals surface area contributed by atoms with Crippen LogP contribution in [0, 0.1) is 34.0 Å². The number of aliphatic carboxylic acids is 1. The monoisotopic (exact) mass is 295 g/mol. The van der Waals surface area contributed by atoms with Crippen LogP contribution in [-0.4, -0.2) is 23.5 Å². The summed E-state index contributed by atoms with van der Waals surface area (Å²) in [6.07, 6.45) is 0. The standard InChI is InChI=1S/C14H9N5O3/c15-5-9(6-16)12(7-17)19-11-4-2-1-3-10(11)14(22)18-8-13(20)21/h1-4,19H,8H2,(H,18,22)(H,20,21).